The summed E-state index contributed by atoms with van der Waals surface area (Å²) in [6.07, 6.45) is -0.671. The summed E-state index contributed by atoms with van der Waals surface area (Å²) in [5.41, 5.74) is 2.17. The number of carboxylic acids is 1. The number of furan rings is 1. The Balaban J connectivity index is 0.000000364. The van der Waals surface area contributed by atoms with Gasteiger partial charge in [-0.25, -0.2) is 4.79 Å². The van der Waals surface area contributed by atoms with Gasteiger partial charge >= 0.3 is 12.1 Å². The molecule has 12 heteroatoms. The van der Waals surface area contributed by atoms with Crippen molar-refractivity contribution in [2.24, 2.45) is 0 Å². The number of carboxylic acid groups (broad SMARTS) is 1. The van der Waals surface area contributed by atoms with Crippen LogP contribution >= 0.6 is 11.3 Å². The van der Waals surface area contributed by atoms with Crippen molar-refractivity contribution in [2.75, 3.05) is 24.5 Å². The molecule has 0 aliphatic carbocycles. The molecule has 0 radical (unpaired) electrons. The number of likely N-dealkylation sites (tertiary alicyclic amines) is 1. The quantitative estimate of drug-likeness (QED) is 0.579. The van der Waals surface area contributed by atoms with Crippen molar-refractivity contribution in [1.82, 2.24) is 9.88 Å². The number of thiophene rings is 1. The SMILES string of the molecule is O=C(Cc1ccco1)N1CCC2(C1)CN(C(=O)c1ccsc1)c1cccnc12.O=C(O)C(F)(F)F. The lowest BCUT2D eigenvalue weighted by molar-refractivity contribution is -0.192. The number of pyridine rings is 1. The van der Waals surface area contributed by atoms with Crippen LogP contribution in [-0.2, 0) is 21.4 Å². The van der Waals surface area contributed by atoms with Gasteiger partial charge in [-0.2, -0.15) is 24.5 Å². The minimum absolute atomic E-state index is 0.00672. The average Bonchev–Trinajstić information content (AvgIpc) is 3.62. The molecule has 0 aromatic carbocycles. The van der Waals surface area contributed by atoms with Crippen LogP contribution in [0.2, 0.25) is 0 Å². The summed E-state index contributed by atoms with van der Waals surface area (Å²) in [5.74, 6) is -2.04. The molecular weight excluding hydrogens is 487 g/mol. The Hall–Kier alpha value is -3.67. The van der Waals surface area contributed by atoms with Crippen LogP contribution in [0.1, 0.15) is 28.2 Å². The Morgan fingerprint density at radius 2 is 1.94 bits per heavy atom. The largest absolute Gasteiger partial charge is 0.490 e. The summed E-state index contributed by atoms with van der Waals surface area (Å²) >= 11 is 1.51. The standard InChI is InChI=1S/C21H19N3O3S.C2HF3O2/c25-18(11-16-3-2-9-27-16)23-8-6-21(13-23)14-24(17-4-1-7-22-19(17)21)20(26)15-5-10-28-12-15;3-2(4,5)1(6)7/h1-5,7,9-10,12H,6,8,11,13-14H2;(H,6,7). The molecule has 184 valence electrons. The average molecular weight is 507 g/mol. The van der Waals surface area contributed by atoms with Gasteiger partial charge in [-0.1, -0.05) is 0 Å². The number of hydrogen-bond acceptors (Lipinski definition) is 6. The van der Waals surface area contributed by atoms with Gasteiger partial charge in [-0.3, -0.25) is 14.6 Å². The molecule has 8 nitrogen and oxygen atoms in total. The number of aliphatic carboxylic acids is 1. The number of aromatic nitrogens is 1. The van der Waals surface area contributed by atoms with Crippen LogP contribution in [0.25, 0.3) is 0 Å². The highest BCUT2D eigenvalue weighted by molar-refractivity contribution is 7.08. The number of anilines is 1. The lowest BCUT2D eigenvalue weighted by Crippen LogP contribution is -2.40. The van der Waals surface area contributed by atoms with Gasteiger partial charge < -0.3 is 19.3 Å². The second-order valence-electron chi connectivity index (χ2n) is 8.18. The molecule has 3 aromatic rings. The molecule has 1 fully saturated rings. The van der Waals surface area contributed by atoms with Crippen LogP contribution in [0, 0.1) is 0 Å². The van der Waals surface area contributed by atoms with Gasteiger partial charge in [0.2, 0.25) is 5.91 Å². The Labute approximate surface area is 201 Å². The van der Waals surface area contributed by atoms with Crippen molar-refractivity contribution < 1.29 is 37.1 Å². The number of carbonyl (C=O) groups is 3. The zero-order valence-corrected chi connectivity index (χ0v) is 19.0. The van der Waals surface area contributed by atoms with Gasteiger partial charge in [-0.05, 0) is 42.1 Å². The second kappa shape index (κ2) is 9.53. The van der Waals surface area contributed by atoms with E-state index in [2.05, 4.69) is 4.98 Å². The van der Waals surface area contributed by atoms with E-state index >= 15 is 0 Å². The summed E-state index contributed by atoms with van der Waals surface area (Å²) in [5, 5.41) is 10.9. The Bertz CT molecular complexity index is 1210. The van der Waals surface area contributed by atoms with Gasteiger partial charge in [0, 0.05) is 31.2 Å². The highest BCUT2D eigenvalue weighted by atomic mass is 32.1. The Morgan fingerprint density at radius 1 is 1.17 bits per heavy atom. The van der Waals surface area contributed by atoms with E-state index in [0.717, 1.165) is 17.8 Å². The normalized spacial score (nSPS) is 18.8. The third-order valence-corrected chi connectivity index (χ3v) is 6.59. The van der Waals surface area contributed by atoms with Crippen LogP contribution in [-0.4, -0.2) is 58.6 Å². The molecule has 1 saturated heterocycles. The van der Waals surface area contributed by atoms with Crippen molar-refractivity contribution in [2.45, 2.75) is 24.4 Å². The predicted octanol–water partition coefficient (Wildman–Crippen LogP) is 3.74. The number of hydrogen-bond donors (Lipinski definition) is 1. The van der Waals surface area contributed by atoms with Crippen molar-refractivity contribution in [3.05, 3.63) is 70.6 Å². The summed E-state index contributed by atoms with van der Waals surface area (Å²) in [7, 11) is 0. The Morgan fingerprint density at radius 3 is 2.57 bits per heavy atom. The maximum absolute atomic E-state index is 13.0. The number of amides is 2. The first kappa shape index (κ1) is 24.5. The maximum atomic E-state index is 13.0. The van der Waals surface area contributed by atoms with E-state index in [0.29, 0.717) is 31.0 Å². The first-order chi connectivity index (χ1) is 16.6. The number of alkyl halides is 3. The molecule has 1 N–H and O–H groups in total. The van der Waals surface area contributed by atoms with E-state index in [4.69, 9.17) is 14.3 Å². The first-order valence-electron chi connectivity index (χ1n) is 10.5. The highest BCUT2D eigenvalue weighted by Crippen LogP contribution is 2.45. The molecular formula is C23H20F3N3O5S. The van der Waals surface area contributed by atoms with Gasteiger partial charge in [0.1, 0.15) is 5.76 Å². The van der Waals surface area contributed by atoms with Crippen molar-refractivity contribution in [3.63, 3.8) is 0 Å². The van der Waals surface area contributed by atoms with Crippen LogP contribution < -0.4 is 4.90 Å². The van der Waals surface area contributed by atoms with Gasteiger partial charge in [-0.15, -0.1) is 0 Å². The van der Waals surface area contributed by atoms with Crippen LogP contribution in [0.4, 0.5) is 18.9 Å². The van der Waals surface area contributed by atoms with Crippen molar-refractivity contribution >= 4 is 34.8 Å². The highest BCUT2D eigenvalue weighted by Gasteiger charge is 2.51. The molecule has 2 aliphatic rings. The molecule has 5 heterocycles. The summed E-state index contributed by atoms with van der Waals surface area (Å²) in [6, 6.07) is 9.27. The molecule has 1 spiro atoms. The van der Waals surface area contributed by atoms with E-state index in [1.165, 1.54) is 11.3 Å². The molecule has 1 unspecified atom stereocenters. The molecule has 2 amide bonds. The second-order valence-corrected chi connectivity index (χ2v) is 8.96. The lowest BCUT2D eigenvalue weighted by atomic mass is 9.85. The smallest absolute Gasteiger partial charge is 0.475 e. The van der Waals surface area contributed by atoms with E-state index in [1.54, 1.807) is 18.5 Å². The van der Waals surface area contributed by atoms with Crippen LogP contribution in [0.5, 0.6) is 0 Å². The lowest BCUT2D eigenvalue weighted by Gasteiger charge is -2.25. The Kier molecular flexibility index (Phi) is 6.66. The van der Waals surface area contributed by atoms with Crippen molar-refractivity contribution in [3.8, 4) is 0 Å². The number of fused-ring (bicyclic) bond motifs is 2. The van der Waals surface area contributed by atoms with Gasteiger partial charge in [0.25, 0.3) is 5.91 Å². The fourth-order valence-corrected chi connectivity index (χ4v) is 4.92. The molecule has 3 aromatic heterocycles. The van der Waals surface area contributed by atoms with Crippen LogP contribution in [0.3, 0.4) is 0 Å². The number of carbonyl (C=O) groups excluding carboxylic acids is 2. The third kappa shape index (κ3) is 5.06. The summed E-state index contributed by atoms with van der Waals surface area (Å²) in [4.78, 5) is 43.0. The van der Waals surface area contributed by atoms with E-state index < -0.39 is 12.1 Å². The number of halogens is 3. The third-order valence-electron chi connectivity index (χ3n) is 5.91. The first-order valence-corrected chi connectivity index (χ1v) is 11.4. The van der Waals surface area contributed by atoms with E-state index in [9.17, 15) is 22.8 Å². The minimum Gasteiger partial charge on any atom is -0.475 e. The number of nitrogens with zero attached hydrogens (tertiary/aromatic N) is 3. The minimum atomic E-state index is -5.08. The zero-order chi connectivity index (χ0) is 25.2. The molecule has 0 bridgehead atoms. The van der Waals surface area contributed by atoms with E-state index in [1.807, 2.05) is 44.8 Å². The van der Waals surface area contributed by atoms with Crippen molar-refractivity contribution in [1.29, 1.82) is 0 Å². The fraction of sp³-hybridized carbons (Fsp3) is 0.304. The van der Waals surface area contributed by atoms with E-state index in [-0.39, 0.29) is 23.7 Å². The topological polar surface area (TPSA) is 104 Å². The molecule has 2 aliphatic heterocycles. The predicted molar refractivity (Wildman–Crippen MR) is 119 cm³/mol. The van der Waals surface area contributed by atoms with Crippen LogP contribution in [0.15, 0.2) is 58.0 Å². The van der Waals surface area contributed by atoms with Gasteiger partial charge in [0.15, 0.2) is 0 Å². The molecule has 1 atom stereocenters. The molecule has 0 saturated carbocycles. The number of rotatable bonds is 3. The fourth-order valence-electron chi connectivity index (χ4n) is 4.29. The zero-order valence-electron chi connectivity index (χ0n) is 18.2. The molecule has 35 heavy (non-hydrogen) atoms. The summed E-state index contributed by atoms with van der Waals surface area (Å²) < 4.78 is 37.1. The monoisotopic (exact) mass is 507 g/mol. The van der Waals surface area contributed by atoms with Gasteiger partial charge in [0.05, 0.1) is 35.0 Å². The maximum Gasteiger partial charge on any atom is 0.490 e. The molecule has 5 rings (SSSR count). The summed E-state index contributed by atoms with van der Waals surface area (Å²) in [6.45, 7) is 1.79.